The van der Waals surface area contributed by atoms with Crippen molar-refractivity contribution >= 4 is 27.0 Å². The van der Waals surface area contributed by atoms with Crippen molar-refractivity contribution < 1.29 is 13.2 Å². The minimum absolute atomic E-state index is 0.0659. The molecule has 1 aliphatic carbocycles. The predicted octanol–water partition coefficient (Wildman–Crippen LogP) is 3.36. The second kappa shape index (κ2) is 9.67. The summed E-state index contributed by atoms with van der Waals surface area (Å²) in [5.41, 5.74) is 3.49. The molecule has 0 bridgehead atoms. The minimum Gasteiger partial charge on any atom is -0.339 e. The highest BCUT2D eigenvalue weighted by Crippen LogP contribution is 2.35. The molecule has 0 spiro atoms. The van der Waals surface area contributed by atoms with Gasteiger partial charge < -0.3 is 15.6 Å². The van der Waals surface area contributed by atoms with E-state index >= 15 is 0 Å². The van der Waals surface area contributed by atoms with Crippen molar-refractivity contribution in [3.05, 3.63) is 53.1 Å². The fourth-order valence-electron chi connectivity index (χ4n) is 3.72. The van der Waals surface area contributed by atoms with Crippen molar-refractivity contribution in [2.24, 2.45) is 0 Å². The molecule has 0 unspecified atom stereocenters. The molecule has 9 heteroatoms. The first-order valence-electron chi connectivity index (χ1n) is 10.6. The van der Waals surface area contributed by atoms with E-state index in [2.05, 4.69) is 32.7 Å². The van der Waals surface area contributed by atoms with Gasteiger partial charge in [-0.25, -0.2) is 13.4 Å². The van der Waals surface area contributed by atoms with E-state index in [-0.39, 0.29) is 17.3 Å². The molecule has 0 saturated heterocycles. The third-order valence-electron chi connectivity index (χ3n) is 5.57. The number of imidazole rings is 1. The van der Waals surface area contributed by atoms with Crippen LogP contribution in [0.4, 0.5) is 5.69 Å². The number of rotatable bonds is 8. The van der Waals surface area contributed by atoms with Crippen LogP contribution in [0.3, 0.4) is 0 Å². The van der Waals surface area contributed by atoms with Gasteiger partial charge in [-0.15, -0.1) is 0 Å². The van der Waals surface area contributed by atoms with Crippen LogP contribution < -0.4 is 10.6 Å². The largest absolute Gasteiger partial charge is 0.339 e. The summed E-state index contributed by atoms with van der Waals surface area (Å²) in [4.78, 5) is 19.4. The minimum atomic E-state index is -3.05. The van der Waals surface area contributed by atoms with Gasteiger partial charge in [0.05, 0.1) is 5.75 Å². The maximum absolute atomic E-state index is 12.7. The van der Waals surface area contributed by atoms with E-state index in [4.69, 9.17) is 5.26 Å². The quantitative estimate of drug-likeness (QED) is 0.560. The topological polar surface area (TPSA) is 128 Å². The lowest BCUT2D eigenvalue weighted by Crippen LogP contribution is -2.39. The highest BCUT2D eigenvalue weighted by molar-refractivity contribution is 7.90. The number of hydrogen-bond acceptors (Lipinski definition) is 6. The van der Waals surface area contributed by atoms with Gasteiger partial charge in [-0.2, -0.15) is 5.26 Å². The van der Waals surface area contributed by atoms with Crippen LogP contribution in [-0.4, -0.2) is 42.8 Å². The van der Waals surface area contributed by atoms with Crippen LogP contribution in [-0.2, 0) is 15.4 Å². The standard InChI is InChI=1S/C23H29N5O3S/c1-23(2,26-11-12-32(3,30)31)17-9-10-20(19(13-17)16-7-5-4-6-8-16)28-22(29)21-25-15-18(14-24)27-21/h7,9-10,13,15,26H,4-6,8,11-12H2,1-3H3,(H,25,27)(H,28,29). The van der Waals surface area contributed by atoms with Crippen LogP contribution in [0.5, 0.6) is 0 Å². The van der Waals surface area contributed by atoms with E-state index in [1.165, 1.54) is 18.0 Å². The zero-order valence-electron chi connectivity index (χ0n) is 18.7. The first-order chi connectivity index (χ1) is 15.1. The Hall–Kier alpha value is -2.96. The number of aromatic nitrogens is 2. The molecule has 3 rings (SSSR count). The van der Waals surface area contributed by atoms with Gasteiger partial charge in [0.15, 0.2) is 11.5 Å². The van der Waals surface area contributed by atoms with Crippen molar-refractivity contribution in [3.8, 4) is 6.07 Å². The molecule has 32 heavy (non-hydrogen) atoms. The number of aromatic amines is 1. The van der Waals surface area contributed by atoms with Gasteiger partial charge in [-0.3, -0.25) is 4.79 Å². The molecular formula is C23H29N5O3S. The van der Waals surface area contributed by atoms with Gasteiger partial charge in [-0.05, 0) is 62.8 Å². The number of carbonyl (C=O) groups is 1. The highest BCUT2D eigenvalue weighted by atomic mass is 32.2. The fourth-order valence-corrected chi connectivity index (χ4v) is 4.19. The SMILES string of the molecule is CC(C)(NCCS(C)(=O)=O)c1ccc(NC(=O)c2nc(C#N)c[nH]2)c(C2=CCCCC2)c1. The van der Waals surface area contributed by atoms with Gasteiger partial charge in [0.25, 0.3) is 5.91 Å². The van der Waals surface area contributed by atoms with Gasteiger partial charge in [0.1, 0.15) is 15.9 Å². The number of H-pyrrole nitrogens is 1. The van der Waals surface area contributed by atoms with Crippen molar-refractivity contribution in [2.75, 3.05) is 23.9 Å². The van der Waals surface area contributed by atoms with Crippen molar-refractivity contribution in [2.45, 2.75) is 45.1 Å². The van der Waals surface area contributed by atoms with Crippen LogP contribution in [0.1, 0.15) is 67.0 Å². The Kier molecular flexibility index (Phi) is 7.16. The maximum atomic E-state index is 12.7. The average Bonchev–Trinajstić information content (AvgIpc) is 3.23. The zero-order chi connectivity index (χ0) is 23.4. The molecule has 0 saturated carbocycles. The van der Waals surface area contributed by atoms with E-state index in [1.54, 1.807) is 0 Å². The summed E-state index contributed by atoms with van der Waals surface area (Å²) in [5, 5.41) is 15.2. The summed E-state index contributed by atoms with van der Waals surface area (Å²) in [6.45, 7) is 4.37. The number of sulfone groups is 1. The van der Waals surface area contributed by atoms with E-state index in [0.717, 1.165) is 36.8 Å². The summed E-state index contributed by atoms with van der Waals surface area (Å²) in [7, 11) is -3.05. The number of nitrogens with zero attached hydrogens (tertiary/aromatic N) is 2. The average molecular weight is 456 g/mol. The smallest absolute Gasteiger partial charge is 0.291 e. The lowest BCUT2D eigenvalue weighted by atomic mass is 9.87. The summed E-state index contributed by atoms with van der Waals surface area (Å²) >= 11 is 0. The Labute approximate surface area is 189 Å². The molecule has 0 aliphatic heterocycles. The molecule has 1 aromatic carbocycles. The lowest BCUT2D eigenvalue weighted by Gasteiger charge is -2.29. The highest BCUT2D eigenvalue weighted by Gasteiger charge is 2.23. The number of anilines is 1. The number of benzene rings is 1. The lowest BCUT2D eigenvalue weighted by molar-refractivity contribution is 0.101. The molecule has 0 atom stereocenters. The molecule has 0 fully saturated rings. The number of nitrogens with one attached hydrogen (secondary N) is 3. The Morgan fingerprint density at radius 1 is 1.31 bits per heavy atom. The number of carbonyl (C=O) groups excluding carboxylic acids is 1. The van der Waals surface area contributed by atoms with E-state index < -0.39 is 21.3 Å². The number of amides is 1. The maximum Gasteiger partial charge on any atom is 0.291 e. The molecular weight excluding hydrogens is 426 g/mol. The summed E-state index contributed by atoms with van der Waals surface area (Å²) < 4.78 is 23.0. The van der Waals surface area contributed by atoms with E-state index in [0.29, 0.717) is 12.2 Å². The fraction of sp³-hybridized carbons (Fsp3) is 0.435. The van der Waals surface area contributed by atoms with Crippen molar-refractivity contribution in [1.29, 1.82) is 5.26 Å². The second-order valence-corrected chi connectivity index (χ2v) is 10.9. The first kappa shape index (κ1) is 23.7. The van der Waals surface area contributed by atoms with Crippen LogP contribution >= 0.6 is 0 Å². The summed E-state index contributed by atoms with van der Waals surface area (Å²) in [6.07, 6.45) is 8.98. The molecule has 1 heterocycles. The number of allylic oxidation sites excluding steroid dienone is 2. The van der Waals surface area contributed by atoms with Gasteiger partial charge in [-0.1, -0.05) is 12.1 Å². The van der Waals surface area contributed by atoms with Crippen LogP contribution in [0.15, 0.2) is 30.5 Å². The number of hydrogen-bond donors (Lipinski definition) is 3. The van der Waals surface area contributed by atoms with Crippen molar-refractivity contribution in [1.82, 2.24) is 15.3 Å². The number of nitriles is 1. The van der Waals surface area contributed by atoms with Crippen molar-refractivity contribution in [3.63, 3.8) is 0 Å². The van der Waals surface area contributed by atoms with Gasteiger partial charge in [0, 0.05) is 35.8 Å². The first-order valence-corrected chi connectivity index (χ1v) is 12.7. The molecule has 1 amide bonds. The van der Waals surface area contributed by atoms with Gasteiger partial charge in [0.2, 0.25) is 0 Å². The Balaban J connectivity index is 1.89. The van der Waals surface area contributed by atoms with E-state index in [1.807, 2.05) is 32.0 Å². The third kappa shape index (κ3) is 6.05. The normalized spacial score (nSPS) is 14.5. The monoisotopic (exact) mass is 455 g/mol. The van der Waals surface area contributed by atoms with Crippen LogP contribution in [0, 0.1) is 11.3 Å². The Morgan fingerprint density at radius 3 is 2.72 bits per heavy atom. The molecule has 3 N–H and O–H groups in total. The second-order valence-electron chi connectivity index (χ2n) is 8.62. The Morgan fingerprint density at radius 2 is 2.09 bits per heavy atom. The van der Waals surface area contributed by atoms with Crippen LogP contribution in [0.2, 0.25) is 0 Å². The summed E-state index contributed by atoms with van der Waals surface area (Å²) in [5.74, 6) is -0.268. The molecule has 170 valence electrons. The molecule has 8 nitrogen and oxygen atoms in total. The Bertz CT molecular complexity index is 1170. The molecule has 1 aromatic heterocycles. The summed E-state index contributed by atoms with van der Waals surface area (Å²) in [6, 6.07) is 7.76. The third-order valence-corrected chi connectivity index (χ3v) is 6.52. The predicted molar refractivity (Wildman–Crippen MR) is 125 cm³/mol. The zero-order valence-corrected chi connectivity index (χ0v) is 19.5. The van der Waals surface area contributed by atoms with E-state index in [9.17, 15) is 13.2 Å². The van der Waals surface area contributed by atoms with Crippen LogP contribution in [0.25, 0.3) is 5.57 Å². The van der Waals surface area contributed by atoms with Gasteiger partial charge >= 0.3 is 0 Å². The molecule has 1 aliphatic rings. The molecule has 0 radical (unpaired) electrons. The molecule has 2 aromatic rings.